The fraction of sp³-hybridized carbons (Fsp3) is 0.517. The predicted molar refractivity (Wildman–Crippen MR) is 151 cm³/mol. The molecule has 44 heavy (non-hydrogen) atoms. The number of piperazine rings is 1. The summed E-state index contributed by atoms with van der Waals surface area (Å²) in [7, 11) is 0. The van der Waals surface area contributed by atoms with Gasteiger partial charge in [0, 0.05) is 38.7 Å². The number of carbonyl (C=O) groups excluding carboxylic acids is 4. The fourth-order valence-corrected chi connectivity index (χ4v) is 4.95. The Morgan fingerprint density at radius 2 is 1.70 bits per heavy atom. The van der Waals surface area contributed by atoms with E-state index in [2.05, 4.69) is 10.4 Å². The van der Waals surface area contributed by atoms with Crippen LogP contribution in [0.15, 0.2) is 30.3 Å². The number of nitrogens with zero attached hydrogens (tertiary/aromatic N) is 4. The summed E-state index contributed by atoms with van der Waals surface area (Å²) < 4.78 is 31.6. The molecule has 2 heterocycles. The SMILES string of the molecule is CCOC(=O)N1CCN(C(=O)C(CCC(=O)O)NC(=O)c2cc(OC3(C(=O)OCC)CCC3)n(-c3cccc(F)c3)n2)CC1. The van der Waals surface area contributed by atoms with Gasteiger partial charge >= 0.3 is 18.0 Å². The number of rotatable bonds is 12. The van der Waals surface area contributed by atoms with Crippen molar-refractivity contribution in [1.82, 2.24) is 24.9 Å². The van der Waals surface area contributed by atoms with Gasteiger partial charge in [-0.1, -0.05) is 6.07 Å². The minimum Gasteiger partial charge on any atom is -0.481 e. The highest BCUT2D eigenvalue weighted by Gasteiger charge is 2.49. The Kier molecular flexibility index (Phi) is 10.4. The molecule has 2 fully saturated rings. The van der Waals surface area contributed by atoms with Gasteiger partial charge in [0.1, 0.15) is 11.9 Å². The molecule has 15 heteroatoms. The molecular formula is C29H36FN5O9. The summed E-state index contributed by atoms with van der Waals surface area (Å²) in [5, 5.41) is 16.1. The molecule has 3 amide bonds. The molecule has 238 valence electrons. The number of benzene rings is 1. The van der Waals surface area contributed by atoms with Crippen LogP contribution in [0.3, 0.4) is 0 Å². The highest BCUT2D eigenvalue weighted by atomic mass is 19.1. The molecule has 2 aliphatic rings. The minimum atomic E-state index is -1.29. The van der Waals surface area contributed by atoms with E-state index in [1.807, 2.05) is 0 Å². The van der Waals surface area contributed by atoms with E-state index in [1.165, 1.54) is 44.8 Å². The molecule has 1 saturated carbocycles. The van der Waals surface area contributed by atoms with Crippen molar-refractivity contribution >= 4 is 29.8 Å². The van der Waals surface area contributed by atoms with Gasteiger partial charge in [-0.25, -0.2) is 18.7 Å². The Hall–Kier alpha value is -4.69. The van der Waals surface area contributed by atoms with Crippen LogP contribution in [0.2, 0.25) is 0 Å². The van der Waals surface area contributed by atoms with Crippen LogP contribution in [0.1, 0.15) is 56.4 Å². The topological polar surface area (TPSA) is 170 Å². The first-order valence-corrected chi connectivity index (χ1v) is 14.5. The molecule has 0 bridgehead atoms. The predicted octanol–water partition coefficient (Wildman–Crippen LogP) is 2.14. The molecule has 1 aliphatic carbocycles. The second-order valence-electron chi connectivity index (χ2n) is 10.4. The van der Waals surface area contributed by atoms with Crippen molar-refractivity contribution in [3.05, 3.63) is 41.8 Å². The maximum absolute atomic E-state index is 14.1. The third kappa shape index (κ3) is 7.44. The number of halogens is 1. The van der Waals surface area contributed by atoms with Crippen molar-refractivity contribution in [2.45, 2.75) is 57.6 Å². The van der Waals surface area contributed by atoms with Crippen LogP contribution in [-0.2, 0) is 23.9 Å². The molecule has 1 aliphatic heterocycles. The largest absolute Gasteiger partial charge is 0.481 e. The van der Waals surface area contributed by atoms with Gasteiger partial charge in [-0.3, -0.25) is 14.4 Å². The lowest BCUT2D eigenvalue weighted by atomic mass is 9.80. The molecule has 1 saturated heterocycles. The van der Waals surface area contributed by atoms with Crippen LogP contribution < -0.4 is 10.1 Å². The van der Waals surface area contributed by atoms with Gasteiger partial charge in [-0.05, 0) is 57.7 Å². The number of ether oxygens (including phenoxy) is 3. The maximum Gasteiger partial charge on any atom is 0.409 e. The zero-order valence-corrected chi connectivity index (χ0v) is 24.6. The first kappa shape index (κ1) is 32.2. The molecule has 0 spiro atoms. The standard InChI is InChI=1S/C29H36FN5O9/c1-3-42-27(40)29(11-6-12-29)44-23-18-22(32-35(23)20-8-5-7-19(30)17-20)25(38)31-21(9-10-24(36)37)26(39)33-13-15-34(16-14-33)28(41)43-4-2/h5,7-8,17-18,21H,3-4,6,9-16H2,1-2H3,(H,31,38)(H,36,37). The lowest BCUT2D eigenvalue weighted by Crippen LogP contribution is -2.56. The third-order valence-corrected chi connectivity index (χ3v) is 7.44. The quantitative estimate of drug-likeness (QED) is 0.337. The number of amides is 3. The van der Waals surface area contributed by atoms with E-state index >= 15 is 0 Å². The van der Waals surface area contributed by atoms with Crippen molar-refractivity contribution in [3.63, 3.8) is 0 Å². The van der Waals surface area contributed by atoms with E-state index in [9.17, 15) is 33.5 Å². The second kappa shape index (κ2) is 14.2. The smallest absolute Gasteiger partial charge is 0.409 e. The number of carboxylic acid groups (broad SMARTS) is 1. The summed E-state index contributed by atoms with van der Waals surface area (Å²) >= 11 is 0. The molecular weight excluding hydrogens is 581 g/mol. The average Bonchev–Trinajstić information content (AvgIpc) is 3.41. The minimum absolute atomic E-state index is 0.0167. The summed E-state index contributed by atoms with van der Waals surface area (Å²) in [6.45, 7) is 4.48. The summed E-state index contributed by atoms with van der Waals surface area (Å²) in [6.07, 6.45) is 0.370. The zero-order chi connectivity index (χ0) is 31.9. The van der Waals surface area contributed by atoms with E-state index in [0.29, 0.717) is 19.3 Å². The summed E-state index contributed by atoms with van der Waals surface area (Å²) in [5.41, 5.74) is -1.28. The lowest BCUT2D eigenvalue weighted by Gasteiger charge is -2.38. The number of carboxylic acids is 1. The summed E-state index contributed by atoms with van der Waals surface area (Å²) in [6, 6.07) is 5.46. The number of carbonyl (C=O) groups is 5. The van der Waals surface area contributed by atoms with Gasteiger partial charge in [-0.15, -0.1) is 0 Å². The van der Waals surface area contributed by atoms with Crippen LogP contribution in [0.4, 0.5) is 9.18 Å². The molecule has 0 radical (unpaired) electrons. The van der Waals surface area contributed by atoms with Crippen molar-refractivity contribution in [2.24, 2.45) is 0 Å². The lowest BCUT2D eigenvalue weighted by molar-refractivity contribution is -0.170. The first-order chi connectivity index (χ1) is 21.1. The number of aliphatic carboxylic acids is 1. The molecule has 2 N–H and O–H groups in total. The highest BCUT2D eigenvalue weighted by Crippen LogP contribution is 2.38. The van der Waals surface area contributed by atoms with Crippen LogP contribution in [-0.4, -0.2) is 106 Å². The van der Waals surface area contributed by atoms with Crippen LogP contribution >= 0.6 is 0 Å². The van der Waals surface area contributed by atoms with E-state index in [4.69, 9.17) is 14.2 Å². The molecule has 1 unspecified atom stereocenters. The maximum atomic E-state index is 14.1. The molecule has 4 rings (SSSR count). The Balaban J connectivity index is 1.56. The zero-order valence-electron chi connectivity index (χ0n) is 24.6. The Morgan fingerprint density at radius 3 is 2.30 bits per heavy atom. The van der Waals surface area contributed by atoms with E-state index in [-0.39, 0.29) is 63.1 Å². The van der Waals surface area contributed by atoms with Crippen molar-refractivity contribution in [3.8, 4) is 11.6 Å². The van der Waals surface area contributed by atoms with E-state index < -0.39 is 53.7 Å². The Bertz CT molecular complexity index is 1380. The van der Waals surface area contributed by atoms with Gasteiger partial charge in [0.25, 0.3) is 5.91 Å². The first-order valence-electron chi connectivity index (χ1n) is 14.5. The number of aromatic nitrogens is 2. The van der Waals surface area contributed by atoms with Crippen molar-refractivity contribution in [1.29, 1.82) is 0 Å². The molecule has 14 nitrogen and oxygen atoms in total. The molecule has 1 aromatic carbocycles. The van der Waals surface area contributed by atoms with Crippen LogP contribution in [0, 0.1) is 5.82 Å². The monoisotopic (exact) mass is 617 g/mol. The van der Waals surface area contributed by atoms with E-state index in [0.717, 1.165) is 0 Å². The summed E-state index contributed by atoms with van der Waals surface area (Å²) in [4.78, 5) is 65.9. The number of esters is 1. The summed E-state index contributed by atoms with van der Waals surface area (Å²) in [5.74, 6) is -3.62. The number of nitrogens with one attached hydrogen (secondary N) is 1. The van der Waals surface area contributed by atoms with Crippen LogP contribution in [0.25, 0.3) is 5.69 Å². The number of hydrogen-bond donors (Lipinski definition) is 2. The fourth-order valence-electron chi connectivity index (χ4n) is 4.95. The van der Waals surface area contributed by atoms with E-state index in [1.54, 1.807) is 13.8 Å². The van der Waals surface area contributed by atoms with Gasteiger partial charge in [-0.2, -0.15) is 5.10 Å². The van der Waals surface area contributed by atoms with Crippen LogP contribution in [0.5, 0.6) is 5.88 Å². The van der Waals surface area contributed by atoms with Crippen molar-refractivity contribution in [2.75, 3.05) is 39.4 Å². The van der Waals surface area contributed by atoms with Gasteiger partial charge in [0.2, 0.25) is 17.4 Å². The van der Waals surface area contributed by atoms with Crippen molar-refractivity contribution < 1.29 is 47.7 Å². The Labute approximate surface area is 253 Å². The number of hydrogen-bond acceptors (Lipinski definition) is 9. The van der Waals surface area contributed by atoms with Gasteiger partial charge < -0.3 is 34.4 Å². The Morgan fingerprint density at radius 1 is 1.02 bits per heavy atom. The molecule has 1 aromatic heterocycles. The average molecular weight is 618 g/mol. The third-order valence-electron chi connectivity index (χ3n) is 7.44. The molecule has 2 aromatic rings. The second-order valence-corrected chi connectivity index (χ2v) is 10.4. The van der Waals surface area contributed by atoms with Gasteiger partial charge in [0.05, 0.1) is 18.9 Å². The normalized spacial score (nSPS) is 16.3. The molecule has 1 atom stereocenters. The highest BCUT2D eigenvalue weighted by molar-refractivity contribution is 5.96. The van der Waals surface area contributed by atoms with Gasteiger partial charge in [0.15, 0.2) is 5.69 Å².